The molecule has 0 bridgehead atoms. The summed E-state index contributed by atoms with van der Waals surface area (Å²) in [5, 5.41) is 12.8. The number of benzene rings is 1. The maximum atomic E-state index is 10.6. The van der Waals surface area contributed by atoms with E-state index in [2.05, 4.69) is 5.16 Å². The Morgan fingerprint density at radius 1 is 1.50 bits per heavy atom. The van der Waals surface area contributed by atoms with E-state index in [1.807, 2.05) is 0 Å². The molecule has 1 heterocycles. The van der Waals surface area contributed by atoms with Crippen LogP contribution in [0.4, 0.5) is 0 Å². The first-order chi connectivity index (χ1) is 5.79. The molecule has 2 rings (SSSR count). The van der Waals surface area contributed by atoms with Crippen molar-refractivity contribution in [3.63, 3.8) is 0 Å². The second-order valence-corrected chi connectivity index (χ2v) is 2.35. The second kappa shape index (κ2) is 2.34. The first-order valence-electron chi connectivity index (χ1n) is 3.36. The number of fused-ring (bicyclic) bond motifs is 1. The summed E-state index contributed by atoms with van der Waals surface area (Å²) in [6, 6.07) is 4.81. The number of hydrogen-bond acceptors (Lipinski definition) is 3. The van der Waals surface area contributed by atoms with Crippen molar-refractivity contribution < 1.29 is 14.4 Å². The molecule has 2 aromatic rings. The summed E-state index contributed by atoms with van der Waals surface area (Å²) in [7, 11) is 0. The van der Waals surface area contributed by atoms with Crippen LogP contribution >= 0.6 is 0 Å². The average molecular weight is 163 g/mol. The summed E-state index contributed by atoms with van der Waals surface area (Å²) in [6.07, 6.45) is 1.40. The van der Waals surface area contributed by atoms with Gasteiger partial charge in [-0.25, -0.2) is 4.79 Å². The number of aromatic nitrogens is 1. The topological polar surface area (TPSA) is 63.3 Å². The van der Waals surface area contributed by atoms with Gasteiger partial charge in [-0.05, 0) is 12.1 Å². The Morgan fingerprint density at radius 2 is 2.33 bits per heavy atom. The minimum atomic E-state index is -0.969. The van der Waals surface area contributed by atoms with Crippen molar-refractivity contribution in [3.05, 3.63) is 30.0 Å². The summed E-state index contributed by atoms with van der Waals surface area (Å²) in [4.78, 5) is 10.6. The van der Waals surface area contributed by atoms with Gasteiger partial charge < -0.3 is 9.63 Å². The molecule has 0 aliphatic carbocycles. The van der Waals surface area contributed by atoms with E-state index in [0.29, 0.717) is 11.0 Å². The van der Waals surface area contributed by atoms with E-state index in [0.717, 1.165) is 0 Å². The molecule has 4 nitrogen and oxygen atoms in total. The predicted octanol–water partition coefficient (Wildman–Crippen LogP) is 1.53. The van der Waals surface area contributed by atoms with Gasteiger partial charge in [0.15, 0.2) is 5.58 Å². The molecule has 1 N–H and O–H groups in total. The van der Waals surface area contributed by atoms with Gasteiger partial charge in [-0.15, -0.1) is 0 Å². The third-order valence-electron chi connectivity index (χ3n) is 1.63. The van der Waals surface area contributed by atoms with Gasteiger partial charge in [0.05, 0.1) is 17.1 Å². The quantitative estimate of drug-likeness (QED) is 0.692. The van der Waals surface area contributed by atoms with Crippen LogP contribution in [0.2, 0.25) is 0 Å². The van der Waals surface area contributed by atoms with Crippen molar-refractivity contribution in [2.45, 2.75) is 0 Å². The lowest BCUT2D eigenvalue weighted by molar-refractivity contribution is 0.0699. The molecular formula is C8H5NO3. The molecule has 0 aliphatic heterocycles. The van der Waals surface area contributed by atoms with Crippen LogP contribution in [0.1, 0.15) is 10.4 Å². The van der Waals surface area contributed by atoms with Crippen molar-refractivity contribution in [1.29, 1.82) is 0 Å². The Balaban J connectivity index is 2.82. The highest BCUT2D eigenvalue weighted by Gasteiger charge is 2.09. The van der Waals surface area contributed by atoms with Crippen molar-refractivity contribution in [2.24, 2.45) is 0 Å². The predicted molar refractivity (Wildman–Crippen MR) is 41.0 cm³/mol. The fourth-order valence-electron chi connectivity index (χ4n) is 1.08. The largest absolute Gasteiger partial charge is 0.478 e. The molecule has 60 valence electrons. The normalized spacial score (nSPS) is 10.3. The molecular weight excluding hydrogens is 158 g/mol. The smallest absolute Gasteiger partial charge is 0.336 e. The van der Waals surface area contributed by atoms with Gasteiger partial charge in [0.25, 0.3) is 0 Å². The standard InChI is InChI=1S/C8H5NO3/c10-8(11)5-2-1-3-7-6(5)4-9-12-7/h1-4H,(H,10,11). The van der Waals surface area contributed by atoms with Crippen LogP contribution in [-0.4, -0.2) is 16.2 Å². The molecule has 1 aromatic carbocycles. The fourth-order valence-corrected chi connectivity index (χ4v) is 1.08. The highest BCUT2D eigenvalue weighted by atomic mass is 16.5. The van der Waals surface area contributed by atoms with E-state index >= 15 is 0 Å². The van der Waals surface area contributed by atoms with Gasteiger partial charge >= 0.3 is 5.97 Å². The van der Waals surface area contributed by atoms with Gasteiger partial charge in [-0.2, -0.15) is 0 Å². The minimum absolute atomic E-state index is 0.216. The van der Waals surface area contributed by atoms with E-state index in [1.165, 1.54) is 12.3 Å². The van der Waals surface area contributed by atoms with Gasteiger partial charge in [0, 0.05) is 0 Å². The lowest BCUT2D eigenvalue weighted by atomic mass is 10.1. The summed E-state index contributed by atoms with van der Waals surface area (Å²) >= 11 is 0. The Kier molecular flexibility index (Phi) is 1.33. The van der Waals surface area contributed by atoms with Crippen LogP contribution < -0.4 is 0 Å². The molecule has 1 aromatic heterocycles. The zero-order chi connectivity index (χ0) is 8.55. The van der Waals surface area contributed by atoms with Crippen LogP contribution in [0.25, 0.3) is 11.0 Å². The number of rotatable bonds is 1. The molecule has 0 saturated carbocycles. The summed E-state index contributed by atoms with van der Waals surface area (Å²) in [6.45, 7) is 0. The highest BCUT2D eigenvalue weighted by molar-refractivity contribution is 6.01. The first-order valence-corrected chi connectivity index (χ1v) is 3.36. The Hall–Kier alpha value is -1.84. The molecule has 4 heteroatoms. The van der Waals surface area contributed by atoms with E-state index in [4.69, 9.17) is 9.63 Å². The summed E-state index contributed by atoms with van der Waals surface area (Å²) in [5.74, 6) is -0.969. The van der Waals surface area contributed by atoms with Crippen molar-refractivity contribution in [3.8, 4) is 0 Å². The lowest BCUT2D eigenvalue weighted by Gasteiger charge is -1.92. The molecule has 12 heavy (non-hydrogen) atoms. The summed E-state index contributed by atoms with van der Waals surface area (Å²) < 4.78 is 4.80. The Bertz CT molecular complexity index is 433. The number of carbonyl (C=O) groups is 1. The second-order valence-electron chi connectivity index (χ2n) is 2.35. The molecule has 0 saturated heterocycles. The Morgan fingerprint density at radius 3 is 3.08 bits per heavy atom. The van der Waals surface area contributed by atoms with Crippen molar-refractivity contribution >= 4 is 16.9 Å². The molecule has 0 fully saturated rings. The van der Waals surface area contributed by atoms with Gasteiger partial charge in [0.1, 0.15) is 0 Å². The van der Waals surface area contributed by atoms with Crippen molar-refractivity contribution in [1.82, 2.24) is 5.16 Å². The van der Waals surface area contributed by atoms with Crippen LogP contribution in [0.15, 0.2) is 28.9 Å². The summed E-state index contributed by atoms with van der Waals surface area (Å²) in [5.41, 5.74) is 0.712. The lowest BCUT2D eigenvalue weighted by Crippen LogP contribution is -1.95. The third kappa shape index (κ3) is 0.852. The minimum Gasteiger partial charge on any atom is -0.478 e. The molecule has 0 aliphatic rings. The van der Waals surface area contributed by atoms with Gasteiger partial charge in [-0.3, -0.25) is 0 Å². The number of aromatic carboxylic acids is 1. The first kappa shape index (κ1) is 6.84. The third-order valence-corrected chi connectivity index (χ3v) is 1.63. The zero-order valence-electron chi connectivity index (χ0n) is 6.02. The maximum absolute atomic E-state index is 10.6. The van der Waals surface area contributed by atoms with E-state index in [9.17, 15) is 4.79 Å². The number of carboxylic acids is 1. The van der Waals surface area contributed by atoms with Gasteiger partial charge in [0.2, 0.25) is 0 Å². The average Bonchev–Trinajstić information content (AvgIpc) is 2.49. The SMILES string of the molecule is O=C(O)c1cccc2oncc12. The van der Waals surface area contributed by atoms with E-state index in [-0.39, 0.29) is 5.56 Å². The van der Waals surface area contributed by atoms with Crippen LogP contribution in [0, 0.1) is 0 Å². The van der Waals surface area contributed by atoms with Crippen LogP contribution in [0.3, 0.4) is 0 Å². The monoisotopic (exact) mass is 163 g/mol. The molecule has 0 unspecified atom stereocenters. The molecule has 0 atom stereocenters. The Labute approximate surface area is 67.4 Å². The van der Waals surface area contributed by atoms with Gasteiger partial charge in [-0.1, -0.05) is 11.2 Å². The fraction of sp³-hybridized carbons (Fsp3) is 0. The van der Waals surface area contributed by atoms with Crippen LogP contribution in [0.5, 0.6) is 0 Å². The maximum Gasteiger partial charge on any atom is 0.336 e. The van der Waals surface area contributed by atoms with E-state index in [1.54, 1.807) is 12.1 Å². The number of carboxylic acid groups (broad SMARTS) is 1. The van der Waals surface area contributed by atoms with Crippen molar-refractivity contribution in [2.75, 3.05) is 0 Å². The number of nitrogens with zero attached hydrogens (tertiary/aromatic N) is 1. The zero-order valence-corrected chi connectivity index (χ0v) is 6.02. The van der Waals surface area contributed by atoms with Crippen LogP contribution in [-0.2, 0) is 0 Å². The molecule has 0 amide bonds. The molecule has 0 spiro atoms. The molecule has 0 radical (unpaired) electrons. The number of hydrogen-bond donors (Lipinski definition) is 1. The highest BCUT2D eigenvalue weighted by Crippen LogP contribution is 2.17. The van der Waals surface area contributed by atoms with E-state index < -0.39 is 5.97 Å².